The van der Waals surface area contributed by atoms with E-state index in [0.29, 0.717) is 5.69 Å². The van der Waals surface area contributed by atoms with E-state index in [0.717, 1.165) is 18.2 Å². The van der Waals surface area contributed by atoms with Crippen molar-refractivity contribution in [3.05, 3.63) is 53.9 Å². The number of pyridine rings is 1. The number of nitrogens with zero attached hydrogens (tertiary/aromatic N) is 1. The Kier molecular flexibility index (Phi) is 3.53. The predicted molar refractivity (Wildman–Crippen MR) is 61.3 cm³/mol. The SMILES string of the molecule is CC(O)c1ccc(Oc2cc(F)ccc2F)cn1. The average Bonchev–Trinajstić information content (AvgIpc) is 2.34. The molecule has 2 rings (SSSR count). The number of ether oxygens (including phenoxy) is 1. The number of aliphatic hydroxyl groups excluding tert-OH is 1. The molecule has 2 aromatic rings. The maximum Gasteiger partial charge on any atom is 0.166 e. The third kappa shape index (κ3) is 2.81. The second-order valence-electron chi connectivity index (χ2n) is 3.77. The molecule has 1 heterocycles. The second-order valence-corrected chi connectivity index (χ2v) is 3.77. The third-order valence-electron chi connectivity index (χ3n) is 2.31. The summed E-state index contributed by atoms with van der Waals surface area (Å²) in [4.78, 5) is 3.94. The first-order valence-electron chi connectivity index (χ1n) is 5.33. The first-order valence-corrected chi connectivity index (χ1v) is 5.33. The van der Waals surface area contributed by atoms with Crippen LogP contribution in [0.2, 0.25) is 0 Å². The number of halogens is 2. The smallest absolute Gasteiger partial charge is 0.166 e. The van der Waals surface area contributed by atoms with Crippen molar-refractivity contribution in [3.8, 4) is 11.5 Å². The lowest BCUT2D eigenvalue weighted by molar-refractivity contribution is 0.194. The molecule has 1 unspecified atom stereocenters. The summed E-state index contributed by atoms with van der Waals surface area (Å²) in [5.74, 6) is -1.18. The van der Waals surface area contributed by atoms with Gasteiger partial charge in [-0.1, -0.05) is 0 Å². The number of aliphatic hydroxyl groups is 1. The Balaban J connectivity index is 2.21. The van der Waals surface area contributed by atoms with E-state index < -0.39 is 17.7 Å². The van der Waals surface area contributed by atoms with Gasteiger partial charge in [0.1, 0.15) is 11.6 Å². The minimum Gasteiger partial charge on any atom is -0.453 e. The van der Waals surface area contributed by atoms with E-state index in [2.05, 4.69) is 4.98 Å². The van der Waals surface area contributed by atoms with Crippen molar-refractivity contribution in [1.29, 1.82) is 0 Å². The van der Waals surface area contributed by atoms with Gasteiger partial charge < -0.3 is 9.84 Å². The fourth-order valence-electron chi connectivity index (χ4n) is 1.38. The van der Waals surface area contributed by atoms with Gasteiger partial charge in [0.25, 0.3) is 0 Å². The highest BCUT2D eigenvalue weighted by molar-refractivity contribution is 5.31. The molecule has 0 saturated carbocycles. The molecular formula is C13H11F2NO2. The van der Waals surface area contributed by atoms with Gasteiger partial charge in [-0.15, -0.1) is 0 Å². The van der Waals surface area contributed by atoms with Crippen LogP contribution in [0.3, 0.4) is 0 Å². The van der Waals surface area contributed by atoms with Crippen LogP contribution in [0.15, 0.2) is 36.5 Å². The molecule has 18 heavy (non-hydrogen) atoms. The van der Waals surface area contributed by atoms with Gasteiger partial charge in [-0.25, -0.2) is 8.78 Å². The first-order chi connectivity index (χ1) is 8.56. The van der Waals surface area contributed by atoms with Gasteiger partial charge >= 0.3 is 0 Å². The number of benzene rings is 1. The molecule has 0 aliphatic heterocycles. The van der Waals surface area contributed by atoms with Crippen LogP contribution in [0.5, 0.6) is 11.5 Å². The number of hydrogen-bond acceptors (Lipinski definition) is 3. The van der Waals surface area contributed by atoms with Crippen molar-refractivity contribution < 1.29 is 18.6 Å². The summed E-state index contributed by atoms with van der Waals surface area (Å²) in [6, 6.07) is 6.04. The molecule has 0 bridgehead atoms. The Labute approximate surface area is 103 Å². The van der Waals surface area contributed by atoms with E-state index in [4.69, 9.17) is 4.74 Å². The Morgan fingerprint density at radius 2 is 2.00 bits per heavy atom. The van der Waals surface area contributed by atoms with Crippen LogP contribution >= 0.6 is 0 Å². The molecule has 1 N–H and O–H groups in total. The number of aromatic nitrogens is 1. The van der Waals surface area contributed by atoms with Crippen molar-refractivity contribution in [2.24, 2.45) is 0 Å². The minimum absolute atomic E-state index is 0.207. The molecule has 0 fully saturated rings. The minimum atomic E-state index is -0.690. The normalized spacial score (nSPS) is 12.2. The topological polar surface area (TPSA) is 42.4 Å². The first kappa shape index (κ1) is 12.4. The zero-order chi connectivity index (χ0) is 13.1. The molecule has 0 saturated heterocycles. The summed E-state index contributed by atoms with van der Waals surface area (Å²) in [6.45, 7) is 1.58. The monoisotopic (exact) mass is 251 g/mol. The Bertz CT molecular complexity index is 541. The van der Waals surface area contributed by atoms with Gasteiger partial charge in [-0.2, -0.15) is 0 Å². The Morgan fingerprint density at radius 1 is 1.22 bits per heavy atom. The van der Waals surface area contributed by atoms with Crippen molar-refractivity contribution in [1.82, 2.24) is 4.98 Å². The highest BCUT2D eigenvalue weighted by Gasteiger charge is 2.07. The Morgan fingerprint density at radius 3 is 2.61 bits per heavy atom. The molecule has 0 spiro atoms. The van der Waals surface area contributed by atoms with E-state index in [1.165, 1.54) is 12.3 Å². The molecule has 0 aliphatic rings. The highest BCUT2D eigenvalue weighted by Crippen LogP contribution is 2.25. The summed E-state index contributed by atoms with van der Waals surface area (Å²) in [5.41, 5.74) is 0.474. The lowest BCUT2D eigenvalue weighted by Crippen LogP contribution is -1.96. The molecule has 94 valence electrons. The molecular weight excluding hydrogens is 240 g/mol. The third-order valence-corrected chi connectivity index (χ3v) is 2.31. The van der Waals surface area contributed by atoms with Gasteiger partial charge in [-0.3, -0.25) is 4.98 Å². The predicted octanol–water partition coefficient (Wildman–Crippen LogP) is 3.21. The lowest BCUT2D eigenvalue weighted by atomic mass is 10.2. The van der Waals surface area contributed by atoms with E-state index in [-0.39, 0.29) is 11.5 Å². The summed E-state index contributed by atoms with van der Waals surface area (Å²) in [5, 5.41) is 9.27. The largest absolute Gasteiger partial charge is 0.453 e. The molecule has 0 radical (unpaired) electrons. The van der Waals surface area contributed by atoms with Gasteiger partial charge in [0, 0.05) is 6.07 Å². The van der Waals surface area contributed by atoms with Crippen LogP contribution in [-0.4, -0.2) is 10.1 Å². The van der Waals surface area contributed by atoms with Crippen molar-refractivity contribution >= 4 is 0 Å². The lowest BCUT2D eigenvalue weighted by Gasteiger charge is -2.08. The molecule has 0 amide bonds. The van der Waals surface area contributed by atoms with E-state index in [1.807, 2.05) is 0 Å². The van der Waals surface area contributed by atoms with E-state index in [1.54, 1.807) is 13.0 Å². The quantitative estimate of drug-likeness (QED) is 0.910. The van der Waals surface area contributed by atoms with Gasteiger partial charge in [0.2, 0.25) is 0 Å². The standard InChI is InChI=1S/C13H11F2NO2/c1-8(17)12-5-3-10(7-16-12)18-13-6-9(14)2-4-11(13)15/h2-8,17H,1H3. The van der Waals surface area contributed by atoms with Crippen molar-refractivity contribution in [3.63, 3.8) is 0 Å². The summed E-state index contributed by atoms with van der Waals surface area (Å²) in [6.07, 6.45) is 0.650. The van der Waals surface area contributed by atoms with Crippen molar-refractivity contribution in [2.45, 2.75) is 13.0 Å². The second kappa shape index (κ2) is 5.10. The molecule has 1 aromatic carbocycles. The zero-order valence-electron chi connectivity index (χ0n) is 9.60. The van der Waals surface area contributed by atoms with Crippen LogP contribution in [0.4, 0.5) is 8.78 Å². The van der Waals surface area contributed by atoms with Crippen LogP contribution in [-0.2, 0) is 0 Å². The van der Waals surface area contributed by atoms with Crippen LogP contribution < -0.4 is 4.74 Å². The molecule has 3 nitrogen and oxygen atoms in total. The summed E-state index contributed by atoms with van der Waals surface area (Å²) >= 11 is 0. The van der Waals surface area contributed by atoms with Crippen LogP contribution in [0, 0.1) is 11.6 Å². The summed E-state index contributed by atoms with van der Waals surface area (Å²) in [7, 11) is 0. The van der Waals surface area contributed by atoms with Gasteiger partial charge in [0.05, 0.1) is 18.0 Å². The number of rotatable bonds is 3. The molecule has 1 aromatic heterocycles. The van der Waals surface area contributed by atoms with Crippen LogP contribution in [0.25, 0.3) is 0 Å². The molecule has 0 aliphatic carbocycles. The van der Waals surface area contributed by atoms with E-state index in [9.17, 15) is 13.9 Å². The highest BCUT2D eigenvalue weighted by atomic mass is 19.1. The van der Waals surface area contributed by atoms with Gasteiger partial charge in [-0.05, 0) is 31.2 Å². The Hall–Kier alpha value is -2.01. The number of hydrogen-bond donors (Lipinski definition) is 1. The maximum atomic E-state index is 13.3. The zero-order valence-corrected chi connectivity index (χ0v) is 9.60. The molecule has 5 heteroatoms. The van der Waals surface area contributed by atoms with Gasteiger partial charge in [0.15, 0.2) is 11.6 Å². The average molecular weight is 251 g/mol. The molecule has 1 atom stereocenters. The van der Waals surface area contributed by atoms with Crippen molar-refractivity contribution in [2.75, 3.05) is 0 Å². The van der Waals surface area contributed by atoms with Crippen LogP contribution in [0.1, 0.15) is 18.7 Å². The fourth-order valence-corrected chi connectivity index (χ4v) is 1.38. The fraction of sp³-hybridized carbons (Fsp3) is 0.154. The summed E-state index contributed by atoms with van der Waals surface area (Å²) < 4.78 is 31.4. The maximum absolute atomic E-state index is 13.3. The van der Waals surface area contributed by atoms with E-state index >= 15 is 0 Å².